The molecule has 3 rings (SSSR count). The van der Waals surface area contributed by atoms with Crippen molar-refractivity contribution in [3.63, 3.8) is 0 Å². The summed E-state index contributed by atoms with van der Waals surface area (Å²) in [4.78, 5) is 15.3. The smallest absolute Gasteiger partial charge is 0.227 e. The second kappa shape index (κ2) is 8.59. The maximum Gasteiger partial charge on any atom is 0.227 e. The summed E-state index contributed by atoms with van der Waals surface area (Å²) in [7, 11) is 0. The first kappa shape index (κ1) is 18.1. The monoisotopic (exact) mass is 329 g/mol. The Morgan fingerprint density at radius 2 is 1.79 bits per heavy atom. The summed E-state index contributed by atoms with van der Waals surface area (Å²) >= 11 is 0. The van der Waals surface area contributed by atoms with E-state index in [1.807, 2.05) is 45.2 Å². The fraction of sp³-hybridized carbons (Fsp3) is 0.500. The van der Waals surface area contributed by atoms with Gasteiger partial charge in [-0.05, 0) is 39.0 Å². The number of hydrogen-bond donors (Lipinski definition) is 1. The predicted molar refractivity (Wildman–Crippen MR) is 97.9 cm³/mol. The summed E-state index contributed by atoms with van der Waals surface area (Å²) in [6, 6.07) is 5.88. The van der Waals surface area contributed by atoms with Gasteiger partial charge in [0.05, 0.1) is 24.1 Å². The Hall–Kier alpha value is -2.21. The first-order valence-electron chi connectivity index (χ1n) is 8.53. The van der Waals surface area contributed by atoms with E-state index < -0.39 is 0 Å². The van der Waals surface area contributed by atoms with Gasteiger partial charge in [-0.25, -0.2) is 15.0 Å². The molecular formula is C18H27N5O. The molecule has 1 saturated heterocycles. The van der Waals surface area contributed by atoms with Crippen molar-refractivity contribution in [1.82, 2.24) is 15.0 Å². The van der Waals surface area contributed by atoms with Gasteiger partial charge in [-0.1, -0.05) is 13.8 Å². The number of nitrogens with zero attached hydrogens (tertiary/aromatic N) is 4. The Morgan fingerprint density at radius 3 is 2.38 bits per heavy atom. The third-order valence-electron chi connectivity index (χ3n) is 3.54. The molecule has 0 aromatic carbocycles. The van der Waals surface area contributed by atoms with E-state index in [1.165, 1.54) is 0 Å². The fourth-order valence-corrected chi connectivity index (χ4v) is 2.65. The lowest BCUT2D eigenvalue weighted by molar-refractivity contribution is -0.00545. The van der Waals surface area contributed by atoms with Crippen LogP contribution >= 0.6 is 0 Å². The highest BCUT2D eigenvalue weighted by Gasteiger charge is 2.22. The lowest BCUT2D eigenvalue weighted by atomic mass is 10.2. The van der Waals surface area contributed by atoms with E-state index in [0.717, 1.165) is 30.3 Å². The zero-order valence-corrected chi connectivity index (χ0v) is 15.2. The lowest BCUT2D eigenvalue weighted by Crippen LogP contribution is -2.45. The van der Waals surface area contributed by atoms with E-state index in [9.17, 15) is 0 Å². The van der Waals surface area contributed by atoms with Gasteiger partial charge in [0.2, 0.25) is 5.95 Å². The van der Waals surface area contributed by atoms with Crippen LogP contribution in [0.4, 0.5) is 17.5 Å². The number of hydrogen-bond acceptors (Lipinski definition) is 6. The van der Waals surface area contributed by atoms with E-state index in [1.54, 1.807) is 6.20 Å². The van der Waals surface area contributed by atoms with Crippen LogP contribution in [0.25, 0.3) is 0 Å². The minimum atomic E-state index is 0.226. The normalized spacial score (nSPS) is 20.1. The highest BCUT2D eigenvalue weighted by atomic mass is 16.5. The second-order valence-corrected chi connectivity index (χ2v) is 5.71. The minimum Gasteiger partial charge on any atom is -0.372 e. The highest BCUT2D eigenvalue weighted by molar-refractivity contribution is 5.55. The van der Waals surface area contributed by atoms with Crippen molar-refractivity contribution in [3.05, 3.63) is 36.3 Å². The molecule has 24 heavy (non-hydrogen) atoms. The van der Waals surface area contributed by atoms with Crippen LogP contribution in [0.3, 0.4) is 0 Å². The van der Waals surface area contributed by atoms with Crippen molar-refractivity contribution in [2.45, 2.75) is 46.8 Å². The van der Waals surface area contributed by atoms with E-state index in [0.29, 0.717) is 5.95 Å². The third kappa shape index (κ3) is 4.89. The third-order valence-corrected chi connectivity index (χ3v) is 3.54. The van der Waals surface area contributed by atoms with Crippen molar-refractivity contribution in [2.24, 2.45) is 0 Å². The molecule has 6 nitrogen and oxygen atoms in total. The van der Waals surface area contributed by atoms with E-state index in [4.69, 9.17) is 4.74 Å². The number of nitrogens with one attached hydrogen (secondary N) is 1. The Kier molecular flexibility index (Phi) is 6.49. The maximum absolute atomic E-state index is 5.75. The molecule has 2 atom stereocenters. The highest BCUT2D eigenvalue weighted by Crippen LogP contribution is 2.20. The van der Waals surface area contributed by atoms with Crippen molar-refractivity contribution < 1.29 is 4.74 Å². The molecule has 1 fully saturated rings. The number of aryl methyl sites for hydroxylation is 1. The van der Waals surface area contributed by atoms with E-state index in [-0.39, 0.29) is 12.2 Å². The summed E-state index contributed by atoms with van der Waals surface area (Å²) < 4.78 is 5.75. The van der Waals surface area contributed by atoms with Crippen LogP contribution < -0.4 is 10.2 Å². The van der Waals surface area contributed by atoms with Crippen LogP contribution in [0.15, 0.2) is 30.6 Å². The van der Waals surface area contributed by atoms with Gasteiger partial charge < -0.3 is 15.0 Å². The fourth-order valence-electron chi connectivity index (χ4n) is 2.65. The molecule has 130 valence electrons. The molecule has 1 N–H and O–H groups in total. The molecule has 1 aliphatic rings. The first-order chi connectivity index (χ1) is 11.6. The maximum atomic E-state index is 5.75. The van der Waals surface area contributed by atoms with Gasteiger partial charge in [0.25, 0.3) is 0 Å². The van der Waals surface area contributed by atoms with Gasteiger partial charge in [-0.15, -0.1) is 0 Å². The van der Waals surface area contributed by atoms with Crippen LogP contribution in [-0.4, -0.2) is 40.2 Å². The topological polar surface area (TPSA) is 63.2 Å². The van der Waals surface area contributed by atoms with Gasteiger partial charge in [0.1, 0.15) is 5.82 Å². The zero-order chi connectivity index (χ0) is 17.5. The van der Waals surface area contributed by atoms with E-state index in [2.05, 4.69) is 39.0 Å². The average Bonchev–Trinajstić information content (AvgIpc) is 2.56. The SMILES string of the molecule is CC.Cc1ccnc(Nc2ccc(N3C[C@@H](C)O[C@@H](C)C3)nc2)n1. The average molecular weight is 329 g/mol. The first-order valence-corrected chi connectivity index (χ1v) is 8.53. The lowest BCUT2D eigenvalue weighted by Gasteiger charge is -2.36. The summed E-state index contributed by atoms with van der Waals surface area (Å²) in [6.07, 6.45) is 4.00. The molecule has 0 amide bonds. The Bertz CT molecular complexity index is 622. The van der Waals surface area contributed by atoms with Crippen LogP contribution in [-0.2, 0) is 4.74 Å². The standard InChI is InChI=1S/C16H21N5O.C2H6/c1-11-6-7-17-16(19-11)20-14-4-5-15(18-8-14)21-9-12(2)22-13(3)10-21;1-2/h4-8,12-13H,9-10H2,1-3H3,(H,17,19,20);1-2H3/t12-,13+;. The van der Waals surface area contributed by atoms with Crippen molar-refractivity contribution in [3.8, 4) is 0 Å². The molecule has 0 radical (unpaired) electrons. The van der Waals surface area contributed by atoms with Gasteiger partial charge in [0, 0.05) is 25.0 Å². The quantitative estimate of drug-likeness (QED) is 0.929. The van der Waals surface area contributed by atoms with Crippen LogP contribution in [0, 0.1) is 6.92 Å². The number of rotatable bonds is 3. The van der Waals surface area contributed by atoms with Crippen molar-refractivity contribution >= 4 is 17.5 Å². The molecular weight excluding hydrogens is 302 g/mol. The molecule has 2 aromatic heterocycles. The van der Waals surface area contributed by atoms with Crippen LogP contribution in [0.1, 0.15) is 33.4 Å². The van der Waals surface area contributed by atoms with Crippen LogP contribution in [0.2, 0.25) is 0 Å². The number of morpholine rings is 1. The van der Waals surface area contributed by atoms with Gasteiger partial charge in [-0.2, -0.15) is 0 Å². The second-order valence-electron chi connectivity index (χ2n) is 5.71. The summed E-state index contributed by atoms with van der Waals surface area (Å²) in [5.74, 6) is 1.56. The minimum absolute atomic E-state index is 0.226. The van der Waals surface area contributed by atoms with Crippen molar-refractivity contribution in [1.29, 1.82) is 0 Å². The van der Waals surface area contributed by atoms with Gasteiger partial charge >= 0.3 is 0 Å². The number of anilines is 3. The Labute approximate surface area is 144 Å². The summed E-state index contributed by atoms with van der Waals surface area (Å²) in [5.41, 5.74) is 1.81. The Balaban J connectivity index is 0.00000100. The van der Waals surface area contributed by atoms with Crippen LogP contribution in [0.5, 0.6) is 0 Å². The summed E-state index contributed by atoms with van der Waals surface area (Å²) in [5, 5.41) is 3.16. The van der Waals surface area contributed by atoms with E-state index >= 15 is 0 Å². The Morgan fingerprint density at radius 1 is 1.08 bits per heavy atom. The molecule has 0 saturated carbocycles. The summed E-state index contributed by atoms with van der Waals surface area (Å²) in [6.45, 7) is 11.9. The predicted octanol–water partition coefficient (Wildman–Crippen LogP) is 3.56. The molecule has 0 bridgehead atoms. The molecule has 0 aliphatic carbocycles. The molecule has 1 aliphatic heterocycles. The zero-order valence-electron chi connectivity index (χ0n) is 15.2. The molecule has 0 spiro atoms. The molecule has 6 heteroatoms. The number of aromatic nitrogens is 3. The van der Waals surface area contributed by atoms with Crippen molar-refractivity contribution in [2.75, 3.05) is 23.3 Å². The number of ether oxygens (including phenoxy) is 1. The largest absolute Gasteiger partial charge is 0.372 e. The van der Waals surface area contributed by atoms with Gasteiger partial charge in [0.15, 0.2) is 0 Å². The van der Waals surface area contributed by atoms with Gasteiger partial charge in [-0.3, -0.25) is 0 Å². The molecule has 3 heterocycles. The number of pyridine rings is 1. The molecule has 2 aromatic rings. The molecule has 0 unspecified atom stereocenters.